The smallest absolute Gasteiger partial charge is 0.339 e. The largest absolute Gasteiger partial charge is 0.465 e. The lowest BCUT2D eigenvalue weighted by Crippen LogP contribution is -2.13. The molecule has 0 radical (unpaired) electrons. The van der Waals surface area contributed by atoms with Crippen LogP contribution in [0.25, 0.3) is 10.9 Å². The summed E-state index contributed by atoms with van der Waals surface area (Å²) >= 11 is 0. The first-order chi connectivity index (χ1) is 16.7. The van der Waals surface area contributed by atoms with Crippen molar-refractivity contribution < 1.29 is 28.2 Å². The number of esters is 1. The first kappa shape index (κ1) is 24.2. The number of pyridine rings is 1. The lowest BCUT2D eigenvalue weighted by atomic mass is 10.1. The minimum atomic E-state index is -2.84. The zero-order valence-corrected chi connectivity index (χ0v) is 20.1. The van der Waals surface area contributed by atoms with Gasteiger partial charge in [-0.15, -0.1) is 0 Å². The van der Waals surface area contributed by atoms with Crippen LogP contribution in [0.15, 0.2) is 65.8 Å². The third-order valence-corrected chi connectivity index (χ3v) is 6.31. The van der Waals surface area contributed by atoms with Crippen LogP contribution in [0.2, 0.25) is 0 Å². The molecule has 4 rings (SSSR count). The normalized spacial score (nSPS) is 11.8. The molecule has 0 aliphatic heterocycles. The number of nitrogens with one attached hydrogen (secondary N) is 1. The Morgan fingerprint density at radius 2 is 1.83 bits per heavy atom. The third kappa shape index (κ3) is 5.43. The quantitative estimate of drug-likeness (QED) is 0.303. The molecule has 0 aliphatic rings. The fraction of sp³-hybridized carbons (Fsp3) is 0.167. The van der Waals surface area contributed by atoms with Gasteiger partial charge in [-0.2, -0.15) is 15.7 Å². The summed E-state index contributed by atoms with van der Waals surface area (Å²) < 4.78 is 32.1. The van der Waals surface area contributed by atoms with E-state index in [1.54, 1.807) is 41.1 Å². The summed E-state index contributed by atoms with van der Waals surface area (Å²) in [5.41, 5.74) is 1.14. The van der Waals surface area contributed by atoms with Gasteiger partial charge >= 0.3 is 5.97 Å². The molecule has 182 valence electrons. The molecule has 2 aromatic carbocycles. The fourth-order valence-corrected chi connectivity index (χ4v) is 3.96. The van der Waals surface area contributed by atoms with Crippen LogP contribution in [0.5, 0.6) is 11.5 Å². The number of rotatable bonds is 7. The Labute approximate surface area is 202 Å². The highest BCUT2D eigenvalue weighted by molar-refractivity contribution is 8.23. The summed E-state index contributed by atoms with van der Waals surface area (Å²) in [6.07, 6.45) is 4.50. The Morgan fingerprint density at radius 3 is 2.43 bits per heavy atom. The van der Waals surface area contributed by atoms with Crippen LogP contribution in [-0.4, -0.2) is 49.1 Å². The summed E-state index contributed by atoms with van der Waals surface area (Å²) in [5.74, 6) is 0.179. The van der Waals surface area contributed by atoms with Gasteiger partial charge in [-0.3, -0.25) is 18.6 Å². The molecule has 11 heteroatoms. The number of anilines is 1. The topological polar surface area (TPSA) is 136 Å². The number of aromatic nitrogens is 3. The molecule has 1 amide bonds. The minimum Gasteiger partial charge on any atom is -0.465 e. The van der Waals surface area contributed by atoms with Gasteiger partial charge in [0.1, 0.15) is 17.3 Å². The van der Waals surface area contributed by atoms with Crippen molar-refractivity contribution >= 4 is 39.2 Å². The van der Waals surface area contributed by atoms with Crippen molar-refractivity contribution in [2.75, 3.05) is 18.7 Å². The summed E-state index contributed by atoms with van der Waals surface area (Å²) in [4.78, 5) is 29.0. The van der Waals surface area contributed by atoms with Crippen LogP contribution < -0.4 is 10.1 Å². The maximum Gasteiger partial charge on any atom is 0.339 e. The molecule has 0 unspecified atom stereocenters. The number of hydrogen-bond acceptors (Lipinski definition) is 8. The van der Waals surface area contributed by atoms with Crippen molar-refractivity contribution in [2.24, 2.45) is 0 Å². The van der Waals surface area contributed by atoms with E-state index in [0.717, 1.165) is 0 Å². The van der Waals surface area contributed by atoms with Gasteiger partial charge in [0.05, 0.1) is 28.5 Å². The number of ether oxygens (including phenoxy) is 2. The highest BCUT2D eigenvalue weighted by atomic mass is 32.3. The lowest BCUT2D eigenvalue weighted by Gasteiger charge is -2.26. The molecule has 0 atom stereocenters. The Bertz CT molecular complexity index is 1380. The third-order valence-electron chi connectivity index (χ3n) is 5.14. The molecule has 0 saturated heterocycles. The van der Waals surface area contributed by atoms with Crippen molar-refractivity contribution in [2.45, 2.75) is 18.4 Å². The number of carbonyl (C=O) groups excluding carboxylic acids is 2. The van der Waals surface area contributed by atoms with E-state index in [1.165, 1.54) is 31.7 Å². The van der Waals surface area contributed by atoms with Crippen LogP contribution >= 0.6 is 10.6 Å². The van der Waals surface area contributed by atoms with Gasteiger partial charge in [0.2, 0.25) is 0 Å². The van der Waals surface area contributed by atoms with Crippen molar-refractivity contribution in [1.29, 1.82) is 0 Å². The SMILES string of the molecule is CCn1cc2c(Oc3ccc(S(C)(O)O)cc3)cc(C(=O)Nc3ccc(C(=O)OC)cn3)cc2n1. The Balaban J connectivity index is 1.63. The minimum absolute atomic E-state index is 0.262. The first-order valence-corrected chi connectivity index (χ1v) is 12.5. The number of hydrogen-bond donors (Lipinski definition) is 3. The predicted molar refractivity (Wildman–Crippen MR) is 132 cm³/mol. The number of amides is 1. The Hall–Kier alpha value is -3.93. The molecule has 0 bridgehead atoms. The zero-order chi connectivity index (χ0) is 25.2. The molecular formula is C24H24N4O6S. The number of carbonyl (C=O) groups is 2. The maximum atomic E-state index is 13.0. The summed E-state index contributed by atoms with van der Waals surface area (Å²) in [5, 5.41) is 7.91. The standard InChI is InChI=1S/C24H24N4O6S/c1-4-28-14-19-20(27-28)11-16(23(29)26-22-10-5-15(13-25-22)24(30)33-2)12-21(19)34-17-6-8-18(9-7-17)35(3,31)32/h5-14,31-32H,4H2,1-3H3,(H,25,26,29). The fourth-order valence-electron chi connectivity index (χ4n) is 3.31. The van der Waals surface area contributed by atoms with Crippen LogP contribution in [0, 0.1) is 0 Å². The van der Waals surface area contributed by atoms with Crippen LogP contribution in [-0.2, 0) is 11.3 Å². The molecule has 10 nitrogen and oxygen atoms in total. The maximum absolute atomic E-state index is 13.0. The van der Waals surface area contributed by atoms with Crippen LogP contribution in [0.3, 0.4) is 0 Å². The number of nitrogens with zero attached hydrogens (tertiary/aromatic N) is 3. The second kappa shape index (κ2) is 9.74. The Kier molecular flexibility index (Phi) is 6.74. The number of benzene rings is 2. The Morgan fingerprint density at radius 1 is 1.09 bits per heavy atom. The van der Waals surface area contributed by atoms with E-state index in [1.807, 2.05) is 13.1 Å². The molecule has 0 aliphatic carbocycles. The van der Waals surface area contributed by atoms with E-state index in [0.29, 0.717) is 39.4 Å². The molecule has 35 heavy (non-hydrogen) atoms. The number of aryl methyl sites for hydroxylation is 1. The summed E-state index contributed by atoms with van der Waals surface area (Å²) in [7, 11) is -1.56. The van der Waals surface area contributed by atoms with E-state index in [2.05, 4.69) is 20.1 Å². The molecule has 4 aromatic rings. The second-order valence-corrected chi connectivity index (χ2v) is 9.82. The van der Waals surface area contributed by atoms with E-state index >= 15 is 0 Å². The van der Waals surface area contributed by atoms with Gasteiger partial charge in [-0.05, 0) is 55.5 Å². The van der Waals surface area contributed by atoms with Crippen LogP contribution in [0.1, 0.15) is 27.6 Å². The highest BCUT2D eigenvalue weighted by Crippen LogP contribution is 2.44. The average molecular weight is 497 g/mol. The van der Waals surface area contributed by atoms with Crippen molar-refractivity contribution in [1.82, 2.24) is 14.8 Å². The van der Waals surface area contributed by atoms with E-state index in [-0.39, 0.29) is 11.4 Å². The molecular weight excluding hydrogens is 472 g/mol. The predicted octanol–water partition coefficient (Wildman–Crippen LogP) is 5.02. The van der Waals surface area contributed by atoms with Gasteiger partial charge in [0.25, 0.3) is 5.91 Å². The average Bonchev–Trinajstić information content (AvgIpc) is 3.27. The molecule has 2 aromatic heterocycles. The molecule has 0 fully saturated rings. The van der Waals surface area contributed by atoms with Crippen molar-refractivity contribution in [3.8, 4) is 11.5 Å². The van der Waals surface area contributed by atoms with E-state index in [9.17, 15) is 18.7 Å². The first-order valence-electron chi connectivity index (χ1n) is 10.6. The second-order valence-electron chi connectivity index (χ2n) is 7.68. The number of fused-ring (bicyclic) bond motifs is 1. The van der Waals surface area contributed by atoms with Gasteiger partial charge in [0.15, 0.2) is 0 Å². The number of methoxy groups -OCH3 is 1. The highest BCUT2D eigenvalue weighted by Gasteiger charge is 2.16. The molecule has 3 N–H and O–H groups in total. The van der Waals surface area contributed by atoms with Gasteiger partial charge in [0, 0.05) is 30.8 Å². The molecule has 0 saturated carbocycles. The zero-order valence-electron chi connectivity index (χ0n) is 19.3. The molecule has 2 heterocycles. The van der Waals surface area contributed by atoms with Crippen molar-refractivity contribution in [3.63, 3.8) is 0 Å². The van der Waals surface area contributed by atoms with Gasteiger partial charge in [-0.1, -0.05) is 0 Å². The van der Waals surface area contributed by atoms with E-state index < -0.39 is 22.5 Å². The lowest BCUT2D eigenvalue weighted by molar-refractivity contribution is 0.0600. The van der Waals surface area contributed by atoms with Gasteiger partial charge < -0.3 is 14.8 Å². The van der Waals surface area contributed by atoms with Crippen molar-refractivity contribution in [3.05, 3.63) is 72.1 Å². The summed E-state index contributed by atoms with van der Waals surface area (Å²) in [6, 6.07) is 12.7. The monoisotopic (exact) mass is 496 g/mol. The molecule has 0 spiro atoms. The van der Waals surface area contributed by atoms with E-state index in [4.69, 9.17) is 4.74 Å². The van der Waals surface area contributed by atoms with Crippen LogP contribution in [0.4, 0.5) is 5.82 Å². The summed E-state index contributed by atoms with van der Waals surface area (Å²) in [6.45, 7) is 2.58. The van der Waals surface area contributed by atoms with Gasteiger partial charge in [-0.25, -0.2) is 9.78 Å².